The summed E-state index contributed by atoms with van der Waals surface area (Å²) < 4.78 is 0. The smallest absolute Gasteiger partial charge is 0.227 e. The lowest BCUT2D eigenvalue weighted by Gasteiger charge is -2.22. The zero-order valence-corrected chi connectivity index (χ0v) is 9.08. The predicted molar refractivity (Wildman–Crippen MR) is 53.4 cm³/mol. The van der Waals surface area contributed by atoms with Gasteiger partial charge < -0.3 is 0 Å². The van der Waals surface area contributed by atoms with E-state index < -0.39 is 0 Å². The van der Waals surface area contributed by atoms with Crippen LogP contribution >= 0.6 is 11.6 Å². The lowest BCUT2D eigenvalue weighted by molar-refractivity contribution is -0.120. The number of rotatable bonds is 6. The Morgan fingerprint density at radius 1 is 1.33 bits per heavy atom. The van der Waals surface area contributed by atoms with Crippen molar-refractivity contribution in [1.82, 2.24) is 0 Å². The molecule has 1 nitrogen and oxygen atoms in total. The molecule has 72 valence electrons. The van der Waals surface area contributed by atoms with E-state index in [0.29, 0.717) is 0 Å². The summed E-state index contributed by atoms with van der Waals surface area (Å²) in [5.74, 6) is 0. The number of hydrogen-bond donors (Lipinski definition) is 0. The number of hydrogen-bond acceptors (Lipinski definition) is 1. The van der Waals surface area contributed by atoms with Crippen LogP contribution in [0.2, 0.25) is 0 Å². The summed E-state index contributed by atoms with van der Waals surface area (Å²) in [6.07, 6.45) is 5.27. The first-order chi connectivity index (χ1) is 5.56. The lowest BCUT2D eigenvalue weighted by atomic mass is 9.83. The Balaban J connectivity index is 3.88. The lowest BCUT2D eigenvalue weighted by Crippen LogP contribution is -2.22. The normalized spacial score (nSPS) is 15.7. The SMILES string of the molecule is CCCCCC(C)(CC)C(=O)Cl. The van der Waals surface area contributed by atoms with Crippen molar-refractivity contribution in [3.63, 3.8) is 0 Å². The molecule has 1 unspecified atom stereocenters. The van der Waals surface area contributed by atoms with Gasteiger partial charge in [-0.3, -0.25) is 4.79 Å². The van der Waals surface area contributed by atoms with Gasteiger partial charge in [-0.25, -0.2) is 0 Å². The van der Waals surface area contributed by atoms with Gasteiger partial charge in [-0.2, -0.15) is 0 Å². The van der Waals surface area contributed by atoms with Gasteiger partial charge in [-0.1, -0.05) is 40.0 Å². The van der Waals surface area contributed by atoms with Crippen LogP contribution < -0.4 is 0 Å². The van der Waals surface area contributed by atoms with Crippen molar-refractivity contribution in [2.24, 2.45) is 5.41 Å². The molecule has 0 aromatic rings. The van der Waals surface area contributed by atoms with Crippen molar-refractivity contribution in [2.45, 2.75) is 52.9 Å². The second kappa shape index (κ2) is 5.58. The van der Waals surface area contributed by atoms with Crippen LogP contribution in [0.4, 0.5) is 0 Å². The Labute approximate surface area is 80.5 Å². The van der Waals surface area contributed by atoms with Crippen LogP contribution in [-0.2, 0) is 4.79 Å². The maximum atomic E-state index is 11.1. The van der Waals surface area contributed by atoms with E-state index in [4.69, 9.17) is 11.6 Å². The Bertz CT molecular complexity index is 145. The van der Waals surface area contributed by atoms with E-state index in [1.54, 1.807) is 0 Å². The van der Waals surface area contributed by atoms with E-state index >= 15 is 0 Å². The van der Waals surface area contributed by atoms with Crippen molar-refractivity contribution in [2.75, 3.05) is 0 Å². The van der Waals surface area contributed by atoms with Gasteiger partial charge in [-0.05, 0) is 24.4 Å². The molecule has 0 amide bonds. The van der Waals surface area contributed by atoms with Crippen molar-refractivity contribution < 1.29 is 4.79 Å². The third kappa shape index (κ3) is 3.57. The van der Waals surface area contributed by atoms with E-state index in [1.807, 2.05) is 13.8 Å². The molecule has 12 heavy (non-hydrogen) atoms. The first-order valence-electron chi connectivity index (χ1n) is 4.76. The molecule has 0 aromatic heterocycles. The van der Waals surface area contributed by atoms with Gasteiger partial charge in [0, 0.05) is 5.41 Å². The van der Waals surface area contributed by atoms with Crippen LogP contribution in [0.1, 0.15) is 52.9 Å². The fourth-order valence-corrected chi connectivity index (χ4v) is 1.41. The van der Waals surface area contributed by atoms with Crippen LogP contribution in [0.25, 0.3) is 0 Å². The van der Waals surface area contributed by atoms with Gasteiger partial charge in [0.05, 0.1) is 0 Å². The molecule has 0 aliphatic carbocycles. The molecule has 0 aromatic carbocycles. The average Bonchev–Trinajstić information content (AvgIpc) is 2.04. The Morgan fingerprint density at radius 2 is 1.92 bits per heavy atom. The molecule has 0 aliphatic heterocycles. The molecule has 0 bridgehead atoms. The minimum atomic E-state index is -0.281. The van der Waals surface area contributed by atoms with Gasteiger partial charge in [0.25, 0.3) is 0 Å². The van der Waals surface area contributed by atoms with E-state index in [1.165, 1.54) is 12.8 Å². The van der Waals surface area contributed by atoms with Gasteiger partial charge in [0.2, 0.25) is 5.24 Å². The van der Waals surface area contributed by atoms with Crippen molar-refractivity contribution in [3.05, 3.63) is 0 Å². The summed E-state index contributed by atoms with van der Waals surface area (Å²) in [6, 6.07) is 0. The molecular formula is C10H19ClO. The fraction of sp³-hybridized carbons (Fsp3) is 0.900. The summed E-state index contributed by atoms with van der Waals surface area (Å²) in [5.41, 5.74) is -0.281. The predicted octanol–water partition coefficient (Wildman–Crippen LogP) is 3.75. The number of unbranched alkanes of at least 4 members (excludes halogenated alkanes) is 2. The third-order valence-corrected chi connectivity index (χ3v) is 3.04. The van der Waals surface area contributed by atoms with Crippen molar-refractivity contribution >= 4 is 16.8 Å². The molecule has 0 heterocycles. The highest BCUT2D eigenvalue weighted by atomic mass is 35.5. The Hall–Kier alpha value is -0.0400. The van der Waals surface area contributed by atoms with Crippen LogP contribution in [-0.4, -0.2) is 5.24 Å². The zero-order valence-electron chi connectivity index (χ0n) is 8.32. The molecular weight excluding hydrogens is 172 g/mol. The van der Waals surface area contributed by atoms with Crippen LogP contribution in [0.5, 0.6) is 0 Å². The maximum Gasteiger partial charge on any atom is 0.227 e. The second-order valence-electron chi connectivity index (χ2n) is 3.65. The van der Waals surface area contributed by atoms with Crippen LogP contribution in [0.15, 0.2) is 0 Å². The molecule has 0 spiro atoms. The molecule has 0 radical (unpaired) electrons. The second-order valence-corrected chi connectivity index (χ2v) is 3.99. The number of carbonyl (C=O) groups is 1. The van der Waals surface area contributed by atoms with Gasteiger partial charge in [0.15, 0.2) is 0 Å². The number of halogens is 1. The molecule has 0 fully saturated rings. The van der Waals surface area contributed by atoms with Crippen molar-refractivity contribution in [3.8, 4) is 0 Å². The molecule has 0 rings (SSSR count). The van der Waals surface area contributed by atoms with Crippen LogP contribution in [0, 0.1) is 5.41 Å². The summed E-state index contributed by atoms with van der Waals surface area (Å²) in [6.45, 7) is 6.13. The molecule has 0 aliphatic rings. The van der Waals surface area contributed by atoms with E-state index in [-0.39, 0.29) is 10.7 Å². The molecule has 1 atom stereocenters. The third-order valence-electron chi connectivity index (χ3n) is 2.59. The van der Waals surface area contributed by atoms with Gasteiger partial charge in [0.1, 0.15) is 0 Å². The van der Waals surface area contributed by atoms with E-state index in [2.05, 4.69) is 6.92 Å². The topological polar surface area (TPSA) is 17.1 Å². The average molecular weight is 191 g/mol. The first kappa shape index (κ1) is 12.0. The highest BCUT2D eigenvalue weighted by Gasteiger charge is 2.28. The highest BCUT2D eigenvalue weighted by Crippen LogP contribution is 2.30. The van der Waals surface area contributed by atoms with Crippen LogP contribution in [0.3, 0.4) is 0 Å². The van der Waals surface area contributed by atoms with Crippen molar-refractivity contribution in [1.29, 1.82) is 0 Å². The Kier molecular flexibility index (Phi) is 5.56. The summed E-state index contributed by atoms with van der Waals surface area (Å²) >= 11 is 5.53. The number of carbonyl (C=O) groups excluding carboxylic acids is 1. The standard InChI is InChI=1S/C10H19ClO/c1-4-6-7-8-10(3,5-2)9(11)12/h4-8H2,1-3H3. The molecule has 0 N–H and O–H groups in total. The first-order valence-corrected chi connectivity index (χ1v) is 5.14. The molecule has 2 heteroatoms. The quantitative estimate of drug-likeness (QED) is 0.461. The highest BCUT2D eigenvalue weighted by molar-refractivity contribution is 6.64. The van der Waals surface area contributed by atoms with Gasteiger partial charge >= 0.3 is 0 Å². The fourth-order valence-electron chi connectivity index (χ4n) is 1.18. The summed E-state index contributed by atoms with van der Waals surface area (Å²) in [5, 5.41) is -0.180. The monoisotopic (exact) mass is 190 g/mol. The Morgan fingerprint density at radius 3 is 2.25 bits per heavy atom. The minimum Gasteiger partial charge on any atom is -0.281 e. The summed E-state index contributed by atoms with van der Waals surface area (Å²) in [7, 11) is 0. The maximum absolute atomic E-state index is 11.1. The van der Waals surface area contributed by atoms with E-state index in [9.17, 15) is 4.79 Å². The van der Waals surface area contributed by atoms with E-state index in [0.717, 1.165) is 19.3 Å². The molecule has 0 saturated heterocycles. The molecule has 0 saturated carbocycles. The van der Waals surface area contributed by atoms with Gasteiger partial charge in [-0.15, -0.1) is 0 Å². The zero-order chi connectivity index (χ0) is 9.61. The minimum absolute atomic E-state index is 0.180. The summed E-state index contributed by atoms with van der Waals surface area (Å²) in [4.78, 5) is 11.1. The largest absolute Gasteiger partial charge is 0.281 e.